The van der Waals surface area contributed by atoms with Crippen molar-refractivity contribution in [2.75, 3.05) is 12.0 Å². The zero-order chi connectivity index (χ0) is 16.4. The number of benzene rings is 2. The van der Waals surface area contributed by atoms with E-state index in [9.17, 15) is 14.7 Å². The maximum Gasteiger partial charge on any atom is 0.298 e. The molecule has 0 unspecified atom stereocenters. The third kappa shape index (κ3) is 3.07. The van der Waals surface area contributed by atoms with Crippen LogP contribution in [0.3, 0.4) is 0 Å². The summed E-state index contributed by atoms with van der Waals surface area (Å²) in [6.45, 7) is 0. The SMILES string of the molecule is COc1ccc(C=C2SC(=O)N(c3cccc(O)c3)C2=O)cc1. The summed E-state index contributed by atoms with van der Waals surface area (Å²) in [5, 5.41) is 9.13. The average molecular weight is 327 g/mol. The summed E-state index contributed by atoms with van der Waals surface area (Å²) in [5.41, 5.74) is 1.15. The Morgan fingerprint density at radius 2 is 1.87 bits per heavy atom. The van der Waals surface area contributed by atoms with Gasteiger partial charge in [0.15, 0.2) is 0 Å². The van der Waals surface area contributed by atoms with Crippen LogP contribution in [0.5, 0.6) is 11.5 Å². The minimum Gasteiger partial charge on any atom is -0.508 e. The predicted molar refractivity (Wildman–Crippen MR) is 89.6 cm³/mol. The number of nitrogens with zero attached hydrogens (tertiary/aromatic N) is 1. The number of anilines is 1. The van der Waals surface area contributed by atoms with Crippen molar-refractivity contribution >= 4 is 34.7 Å². The summed E-state index contributed by atoms with van der Waals surface area (Å²) >= 11 is 0.873. The highest BCUT2D eigenvalue weighted by atomic mass is 32.2. The summed E-state index contributed by atoms with van der Waals surface area (Å²) in [6.07, 6.45) is 1.66. The third-order valence-electron chi connectivity index (χ3n) is 3.30. The molecule has 2 amide bonds. The fraction of sp³-hybridized carbons (Fsp3) is 0.0588. The molecule has 0 bridgehead atoms. The summed E-state index contributed by atoms with van der Waals surface area (Å²) < 4.78 is 5.08. The summed E-state index contributed by atoms with van der Waals surface area (Å²) in [6, 6.07) is 13.2. The standard InChI is InChI=1S/C17H13NO4S/c1-22-14-7-5-11(6-8-14)9-15-16(20)18(17(21)23-15)12-3-2-4-13(19)10-12/h2-10,19H,1H3. The monoisotopic (exact) mass is 327 g/mol. The molecule has 116 valence electrons. The minimum atomic E-state index is -0.401. The lowest BCUT2D eigenvalue weighted by Crippen LogP contribution is -2.27. The van der Waals surface area contributed by atoms with E-state index in [2.05, 4.69) is 0 Å². The van der Waals surface area contributed by atoms with E-state index >= 15 is 0 Å². The van der Waals surface area contributed by atoms with E-state index < -0.39 is 5.91 Å². The molecule has 0 saturated carbocycles. The Balaban J connectivity index is 1.89. The number of thioether (sulfide) groups is 1. The number of hydrogen-bond donors (Lipinski definition) is 1. The number of rotatable bonds is 3. The van der Waals surface area contributed by atoms with E-state index in [0.717, 1.165) is 28.0 Å². The van der Waals surface area contributed by atoms with Crippen molar-refractivity contribution in [2.45, 2.75) is 0 Å². The summed E-state index contributed by atoms with van der Waals surface area (Å²) in [4.78, 5) is 26.0. The molecule has 1 fully saturated rings. The molecule has 1 saturated heterocycles. The largest absolute Gasteiger partial charge is 0.508 e. The topological polar surface area (TPSA) is 66.8 Å². The number of aromatic hydroxyl groups is 1. The number of amides is 2. The Morgan fingerprint density at radius 3 is 2.52 bits per heavy atom. The van der Waals surface area contributed by atoms with Crippen molar-refractivity contribution in [2.24, 2.45) is 0 Å². The van der Waals surface area contributed by atoms with Gasteiger partial charge in [-0.3, -0.25) is 9.59 Å². The van der Waals surface area contributed by atoms with Gasteiger partial charge < -0.3 is 9.84 Å². The first-order chi connectivity index (χ1) is 11.1. The number of carbonyl (C=O) groups is 2. The van der Waals surface area contributed by atoms with Gasteiger partial charge in [0.2, 0.25) is 0 Å². The number of phenols is 1. The molecule has 6 heteroatoms. The molecule has 0 radical (unpaired) electrons. The third-order valence-corrected chi connectivity index (χ3v) is 4.16. The first-order valence-electron chi connectivity index (χ1n) is 6.79. The van der Waals surface area contributed by atoms with E-state index in [1.807, 2.05) is 0 Å². The maximum atomic E-state index is 12.5. The highest BCUT2D eigenvalue weighted by molar-refractivity contribution is 8.19. The van der Waals surface area contributed by atoms with Gasteiger partial charge in [0.25, 0.3) is 11.1 Å². The molecule has 5 nitrogen and oxygen atoms in total. The van der Waals surface area contributed by atoms with Gasteiger partial charge in [0, 0.05) is 6.07 Å². The molecule has 2 aromatic carbocycles. The van der Waals surface area contributed by atoms with Crippen LogP contribution in [-0.2, 0) is 4.79 Å². The van der Waals surface area contributed by atoms with Crippen molar-refractivity contribution in [3.05, 3.63) is 59.0 Å². The Bertz CT molecular complexity index is 798. The number of ether oxygens (including phenoxy) is 1. The number of carbonyl (C=O) groups excluding carboxylic acids is 2. The molecule has 1 aliphatic rings. The van der Waals surface area contributed by atoms with Crippen molar-refractivity contribution in [3.63, 3.8) is 0 Å². The van der Waals surface area contributed by atoms with Crippen LogP contribution in [0.1, 0.15) is 5.56 Å². The number of imide groups is 1. The van der Waals surface area contributed by atoms with E-state index in [-0.39, 0.29) is 11.0 Å². The number of methoxy groups -OCH3 is 1. The number of hydrogen-bond acceptors (Lipinski definition) is 5. The Hall–Kier alpha value is -2.73. The Labute approximate surface area is 137 Å². The first-order valence-corrected chi connectivity index (χ1v) is 7.61. The second-order valence-electron chi connectivity index (χ2n) is 4.81. The van der Waals surface area contributed by atoms with E-state index in [1.165, 1.54) is 12.1 Å². The smallest absolute Gasteiger partial charge is 0.298 e. The highest BCUT2D eigenvalue weighted by Gasteiger charge is 2.36. The lowest BCUT2D eigenvalue weighted by atomic mass is 10.2. The van der Waals surface area contributed by atoms with Crippen LogP contribution in [0, 0.1) is 0 Å². The molecule has 0 atom stereocenters. The van der Waals surface area contributed by atoms with Gasteiger partial charge in [-0.05, 0) is 47.7 Å². The normalized spacial score (nSPS) is 16.2. The van der Waals surface area contributed by atoms with Crippen molar-refractivity contribution in [1.82, 2.24) is 0 Å². The van der Waals surface area contributed by atoms with E-state index in [1.54, 1.807) is 49.6 Å². The van der Waals surface area contributed by atoms with E-state index in [0.29, 0.717) is 10.6 Å². The fourth-order valence-corrected chi connectivity index (χ4v) is 3.02. The van der Waals surface area contributed by atoms with Crippen LogP contribution < -0.4 is 9.64 Å². The summed E-state index contributed by atoms with van der Waals surface area (Å²) in [7, 11) is 1.58. The number of phenolic OH excluding ortho intramolecular Hbond substituents is 1. The average Bonchev–Trinajstić information content (AvgIpc) is 2.82. The van der Waals surface area contributed by atoms with Crippen molar-refractivity contribution in [1.29, 1.82) is 0 Å². The van der Waals surface area contributed by atoms with Crippen LogP contribution in [0.15, 0.2) is 53.4 Å². The molecule has 0 aromatic heterocycles. The molecule has 3 rings (SSSR count). The van der Waals surface area contributed by atoms with Crippen LogP contribution in [0.4, 0.5) is 10.5 Å². The van der Waals surface area contributed by atoms with Crippen molar-refractivity contribution < 1.29 is 19.4 Å². The molecule has 23 heavy (non-hydrogen) atoms. The quantitative estimate of drug-likeness (QED) is 0.872. The second kappa shape index (κ2) is 6.18. The first kappa shape index (κ1) is 15.2. The molecule has 1 heterocycles. The van der Waals surface area contributed by atoms with Gasteiger partial charge in [0.05, 0.1) is 17.7 Å². The summed E-state index contributed by atoms with van der Waals surface area (Å²) in [5.74, 6) is 0.317. The molecule has 0 spiro atoms. The van der Waals surface area contributed by atoms with Gasteiger partial charge >= 0.3 is 0 Å². The highest BCUT2D eigenvalue weighted by Crippen LogP contribution is 2.36. The lowest BCUT2D eigenvalue weighted by Gasteiger charge is -2.12. The minimum absolute atomic E-state index is 0.000633. The maximum absolute atomic E-state index is 12.5. The zero-order valence-corrected chi connectivity index (χ0v) is 13.0. The van der Waals surface area contributed by atoms with Crippen LogP contribution >= 0.6 is 11.8 Å². The molecule has 1 aliphatic heterocycles. The van der Waals surface area contributed by atoms with Gasteiger partial charge in [-0.25, -0.2) is 4.90 Å². The molecule has 2 aromatic rings. The van der Waals surface area contributed by atoms with Crippen LogP contribution in [-0.4, -0.2) is 23.4 Å². The van der Waals surface area contributed by atoms with E-state index in [4.69, 9.17) is 4.74 Å². The van der Waals surface area contributed by atoms with Gasteiger partial charge in [-0.2, -0.15) is 0 Å². The molecular formula is C17H13NO4S. The fourth-order valence-electron chi connectivity index (χ4n) is 2.17. The van der Waals surface area contributed by atoms with Gasteiger partial charge in [-0.15, -0.1) is 0 Å². The zero-order valence-electron chi connectivity index (χ0n) is 12.2. The second-order valence-corrected chi connectivity index (χ2v) is 5.80. The Morgan fingerprint density at radius 1 is 1.13 bits per heavy atom. The molecular weight excluding hydrogens is 314 g/mol. The molecule has 0 aliphatic carbocycles. The lowest BCUT2D eigenvalue weighted by molar-refractivity contribution is -0.113. The van der Waals surface area contributed by atoms with Crippen LogP contribution in [0.2, 0.25) is 0 Å². The molecule has 1 N–H and O–H groups in total. The predicted octanol–water partition coefficient (Wildman–Crippen LogP) is 3.64. The van der Waals surface area contributed by atoms with Gasteiger partial charge in [-0.1, -0.05) is 18.2 Å². The van der Waals surface area contributed by atoms with Crippen molar-refractivity contribution in [3.8, 4) is 11.5 Å². The van der Waals surface area contributed by atoms with Crippen LogP contribution in [0.25, 0.3) is 6.08 Å². The van der Waals surface area contributed by atoms with Gasteiger partial charge in [0.1, 0.15) is 11.5 Å². The Kier molecular flexibility index (Phi) is 4.08.